The molecule has 0 unspecified atom stereocenters. The van der Waals surface area contributed by atoms with E-state index in [-0.39, 0.29) is 17.4 Å². The van der Waals surface area contributed by atoms with Crippen LogP contribution in [0.5, 0.6) is 0 Å². The Bertz CT molecular complexity index is 548. The van der Waals surface area contributed by atoms with Crippen molar-refractivity contribution < 1.29 is 10.2 Å². The molecule has 2 heterocycles. The zero-order valence-corrected chi connectivity index (χ0v) is 10.7. The summed E-state index contributed by atoms with van der Waals surface area (Å²) in [7, 11) is 0. The Balaban J connectivity index is 2.61. The molecule has 0 aliphatic carbocycles. The van der Waals surface area contributed by atoms with Gasteiger partial charge in [-0.3, -0.25) is 4.57 Å². The van der Waals surface area contributed by atoms with Crippen molar-refractivity contribution in [2.45, 2.75) is 25.0 Å². The maximum absolute atomic E-state index is 9.48. The second kappa shape index (κ2) is 4.64. The second-order valence-electron chi connectivity index (χ2n) is 4.13. The SMILES string of the molecule is CC(C)c1nccn1-c1nccnc1C(O)(O)Cl. The Hall–Kier alpha value is -1.50. The van der Waals surface area contributed by atoms with E-state index in [0.29, 0.717) is 0 Å². The van der Waals surface area contributed by atoms with Gasteiger partial charge in [-0.25, -0.2) is 15.0 Å². The average Bonchev–Trinajstić information content (AvgIpc) is 2.76. The first-order valence-electron chi connectivity index (χ1n) is 5.40. The third-order valence-corrected chi connectivity index (χ3v) is 2.57. The van der Waals surface area contributed by atoms with E-state index >= 15 is 0 Å². The first-order chi connectivity index (χ1) is 8.41. The van der Waals surface area contributed by atoms with Crippen molar-refractivity contribution in [3.63, 3.8) is 0 Å². The van der Waals surface area contributed by atoms with Crippen LogP contribution < -0.4 is 0 Å². The van der Waals surface area contributed by atoms with Gasteiger partial charge in [0.05, 0.1) is 0 Å². The molecule has 0 saturated heterocycles. The average molecular weight is 269 g/mol. The molecule has 0 atom stereocenters. The van der Waals surface area contributed by atoms with Gasteiger partial charge in [-0.15, -0.1) is 0 Å². The highest BCUT2D eigenvalue weighted by molar-refractivity contribution is 6.21. The van der Waals surface area contributed by atoms with Crippen LogP contribution in [0.25, 0.3) is 5.82 Å². The zero-order chi connectivity index (χ0) is 13.3. The summed E-state index contributed by atoms with van der Waals surface area (Å²) >= 11 is 5.49. The van der Waals surface area contributed by atoms with Crippen molar-refractivity contribution in [1.82, 2.24) is 19.5 Å². The van der Waals surface area contributed by atoms with Crippen molar-refractivity contribution in [2.24, 2.45) is 0 Å². The van der Waals surface area contributed by atoms with E-state index in [0.717, 1.165) is 5.82 Å². The van der Waals surface area contributed by atoms with E-state index in [9.17, 15) is 10.2 Å². The molecular weight excluding hydrogens is 256 g/mol. The molecule has 2 aromatic rings. The highest BCUT2D eigenvalue weighted by atomic mass is 35.5. The van der Waals surface area contributed by atoms with Gasteiger partial charge in [0.25, 0.3) is 5.25 Å². The number of halogens is 1. The van der Waals surface area contributed by atoms with E-state index in [4.69, 9.17) is 11.6 Å². The van der Waals surface area contributed by atoms with Crippen LogP contribution in [0, 0.1) is 0 Å². The standard InChI is InChI=1S/C11H13ClN4O2/c1-7(2)9-15-5-6-16(9)10-8(11(12,17)18)13-3-4-14-10/h3-7,17-18H,1-2H3. The van der Waals surface area contributed by atoms with Gasteiger partial charge in [-0.05, 0) is 11.6 Å². The lowest BCUT2D eigenvalue weighted by molar-refractivity contribution is -0.0937. The van der Waals surface area contributed by atoms with Gasteiger partial charge in [0.2, 0.25) is 0 Å². The van der Waals surface area contributed by atoms with Crippen molar-refractivity contribution in [3.8, 4) is 5.82 Å². The van der Waals surface area contributed by atoms with E-state index in [2.05, 4.69) is 15.0 Å². The van der Waals surface area contributed by atoms with Crippen molar-refractivity contribution in [3.05, 3.63) is 36.3 Å². The summed E-state index contributed by atoms with van der Waals surface area (Å²) in [6.07, 6.45) is 6.07. The molecule has 0 amide bonds. The van der Waals surface area contributed by atoms with E-state index in [1.54, 1.807) is 17.0 Å². The number of hydrogen-bond donors (Lipinski definition) is 2. The largest absolute Gasteiger partial charge is 0.348 e. The fourth-order valence-electron chi connectivity index (χ4n) is 1.65. The van der Waals surface area contributed by atoms with Crippen LogP contribution in [-0.4, -0.2) is 29.7 Å². The molecule has 2 aromatic heterocycles. The lowest BCUT2D eigenvalue weighted by Crippen LogP contribution is -2.22. The van der Waals surface area contributed by atoms with E-state index < -0.39 is 5.25 Å². The topological polar surface area (TPSA) is 84.1 Å². The highest BCUT2D eigenvalue weighted by Gasteiger charge is 2.30. The third kappa shape index (κ3) is 2.35. The van der Waals surface area contributed by atoms with E-state index in [1.165, 1.54) is 12.4 Å². The fourth-order valence-corrected chi connectivity index (χ4v) is 1.79. The molecule has 0 aliphatic heterocycles. The maximum Gasteiger partial charge on any atom is 0.292 e. The van der Waals surface area contributed by atoms with Crippen molar-refractivity contribution in [2.75, 3.05) is 0 Å². The Morgan fingerprint density at radius 1 is 1.17 bits per heavy atom. The Morgan fingerprint density at radius 2 is 1.83 bits per heavy atom. The summed E-state index contributed by atoms with van der Waals surface area (Å²) in [5.41, 5.74) is -0.133. The van der Waals surface area contributed by atoms with Gasteiger partial charge in [-0.1, -0.05) is 13.8 Å². The summed E-state index contributed by atoms with van der Waals surface area (Å²) in [6.45, 7) is 3.95. The molecule has 0 spiro atoms. The van der Waals surface area contributed by atoms with Gasteiger partial charge < -0.3 is 10.2 Å². The molecule has 0 fully saturated rings. The lowest BCUT2D eigenvalue weighted by Gasteiger charge is -2.17. The van der Waals surface area contributed by atoms with Crippen molar-refractivity contribution >= 4 is 11.6 Å². The summed E-state index contributed by atoms with van der Waals surface area (Å²) in [4.78, 5) is 12.2. The zero-order valence-electron chi connectivity index (χ0n) is 9.95. The molecule has 0 aromatic carbocycles. The summed E-state index contributed by atoms with van der Waals surface area (Å²) in [5.74, 6) is 1.13. The van der Waals surface area contributed by atoms with Gasteiger partial charge in [-0.2, -0.15) is 0 Å². The molecule has 0 saturated carbocycles. The molecule has 0 radical (unpaired) electrons. The Morgan fingerprint density at radius 3 is 2.44 bits per heavy atom. The number of alkyl halides is 1. The van der Waals surface area contributed by atoms with Crippen LogP contribution in [0.3, 0.4) is 0 Å². The quantitative estimate of drug-likeness (QED) is 0.644. The highest BCUT2D eigenvalue weighted by Crippen LogP contribution is 2.26. The van der Waals surface area contributed by atoms with Crippen LogP contribution in [-0.2, 0) is 5.25 Å². The second-order valence-corrected chi connectivity index (χ2v) is 4.65. The van der Waals surface area contributed by atoms with E-state index in [1.807, 2.05) is 13.8 Å². The van der Waals surface area contributed by atoms with Gasteiger partial charge >= 0.3 is 0 Å². The van der Waals surface area contributed by atoms with Gasteiger partial charge in [0.1, 0.15) is 5.82 Å². The predicted octanol–water partition coefficient (Wildman–Crippen LogP) is 1.12. The molecule has 96 valence electrons. The normalized spacial score (nSPS) is 12.1. The fraction of sp³-hybridized carbons (Fsp3) is 0.364. The number of aliphatic hydroxyl groups is 2. The number of rotatable bonds is 3. The summed E-state index contributed by atoms with van der Waals surface area (Å²) in [5, 5.41) is 16.4. The molecule has 2 N–H and O–H groups in total. The minimum atomic E-state index is -2.57. The molecule has 0 aliphatic rings. The number of imidazole rings is 1. The first kappa shape index (κ1) is 12.9. The monoisotopic (exact) mass is 268 g/mol. The maximum atomic E-state index is 9.48. The van der Waals surface area contributed by atoms with Gasteiger partial charge in [0, 0.05) is 30.7 Å². The lowest BCUT2D eigenvalue weighted by atomic mass is 10.2. The Labute approximate surface area is 109 Å². The van der Waals surface area contributed by atoms with Crippen LogP contribution in [0.2, 0.25) is 0 Å². The first-order valence-corrected chi connectivity index (χ1v) is 5.78. The van der Waals surface area contributed by atoms with Crippen LogP contribution >= 0.6 is 11.6 Å². The van der Waals surface area contributed by atoms with Gasteiger partial charge in [0.15, 0.2) is 11.5 Å². The third-order valence-electron chi connectivity index (χ3n) is 2.39. The van der Waals surface area contributed by atoms with Crippen LogP contribution in [0.1, 0.15) is 31.3 Å². The molecule has 2 rings (SSSR count). The summed E-state index contributed by atoms with van der Waals surface area (Å²) in [6, 6.07) is 0. The van der Waals surface area contributed by atoms with Crippen molar-refractivity contribution in [1.29, 1.82) is 0 Å². The smallest absolute Gasteiger partial charge is 0.292 e. The summed E-state index contributed by atoms with van der Waals surface area (Å²) < 4.78 is 1.64. The number of aromatic nitrogens is 4. The molecule has 0 bridgehead atoms. The number of hydrogen-bond acceptors (Lipinski definition) is 5. The molecule has 6 nitrogen and oxygen atoms in total. The van der Waals surface area contributed by atoms with Crippen LogP contribution in [0.15, 0.2) is 24.8 Å². The Kier molecular flexibility index (Phi) is 3.34. The molecule has 7 heteroatoms. The minimum Gasteiger partial charge on any atom is -0.348 e. The minimum absolute atomic E-state index is 0.133. The molecule has 18 heavy (non-hydrogen) atoms. The van der Waals surface area contributed by atoms with Crippen LogP contribution in [0.4, 0.5) is 0 Å². The molecular formula is C11H13ClN4O2. The number of nitrogens with zero attached hydrogens (tertiary/aromatic N) is 4. The predicted molar refractivity (Wildman–Crippen MR) is 65.2 cm³/mol.